The van der Waals surface area contributed by atoms with E-state index in [0.29, 0.717) is 6.42 Å². The second-order valence-electron chi connectivity index (χ2n) is 6.93. The molecule has 0 spiro atoms. The highest BCUT2D eigenvalue weighted by Crippen LogP contribution is 2.34. The molecule has 0 aliphatic carbocycles. The number of anilines is 1. The number of hydrogen-bond acceptors (Lipinski definition) is 6. The highest BCUT2D eigenvalue weighted by atomic mass is 32.2. The molecule has 2 heterocycles. The summed E-state index contributed by atoms with van der Waals surface area (Å²) in [4.78, 5) is 30.3. The molecule has 1 saturated heterocycles. The monoisotopic (exact) mass is 438 g/mol. The topological polar surface area (TPSA) is 83.1 Å². The van der Waals surface area contributed by atoms with Gasteiger partial charge in [0, 0.05) is 22.5 Å². The lowest BCUT2D eigenvalue weighted by Gasteiger charge is -2.30. The molecule has 3 N–H and O–H groups in total. The van der Waals surface area contributed by atoms with E-state index in [4.69, 9.17) is 4.98 Å². The van der Waals surface area contributed by atoms with Crippen molar-refractivity contribution in [1.29, 1.82) is 0 Å². The molecular formula is C22H22N4O2S2. The van der Waals surface area contributed by atoms with Crippen molar-refractivity contribution in [2.75, 3.05) is 11.1 Å². The molecule has 2 unspecified atom stereocenters. The third-order valence-electron chi connectivity index (χ3n) is 4.64. The Morgan fingerprint density at radius 3 is 2.60 bits per heavy atom. The van der Waals surface area contributed by atoms with Crippen molar-refractivity contribution in [3.05, 3.63) is 71.2 Å². The van der Waals surface area contributed by atoms with E-state index >= 15 is 0 Å². The van der Waals surface area contributed by atoms with Crippen LogP contribution in [0.3, 0.4) is 0 Å². The molecule has 0 radical (unpaired) electrons. The predicted octanol–water partition coefficient (Wildman–Crippen LogP) is 3.92. The molecule has 8 heteroatoms. The van der Waals surface area contributed by atoms with Gasteiger partial charge in [0.2, 0.25) is 11.8 Å². The van der Waals surface area contributed by atoms with Crippen molar-refractivity contribution in [3.8, 4) is 10.6 Å². The Hall–Kier alpha value is -2.68. The number of nitrogens with one attached hydrogen (secondary N) is 3. The van der Waals surface area contributed by atoms with E-state index in [1.54, 1.807) is 11.3 Å². The Morgan fingerprint density at radius 2 is 1.87 bits per heavy atom. The van der Waals surface area contributed by atoms with Gasteiger partial charge in [-0.25, -0.2) is 4.98 Å². The molecule has 1 fully saturated rings. The van der Waals surface area contributed by atoms with Crippen LogP contribution in [0.2, 0.25) is 0 Å². The van der Waals surface area contributed by atoms with Gasteiger partial charge in [-0.15, -0.1) is 23.1 Å². The summed E-state index contributed by atoms with van der Waals surface area (Å²) >= 11 is 2.97. The Bertz CT molecular complexity index is 1020. The van der Waals surface area contributed by atoms with E-state index in [1.807, 2.05) is 67.6 Å². The number of carbonyl (C=O) groups excluding carboxylic acids is 2. The van der Waals surface area contributed by atoms with Crippen LogP contribution < -0.4 is 16.0 Å². The third-order valence-corrected chi connectivity index (χ3v) is 6.98. The molecule has 0 saturated carbocycles. The number of benzene rings is 2. The first-order chi connectivity index (χ1) is 14.6. The van der Waals surface area contributed by atoms with Gasteiger partial charge in [-0.2, -0.15) is 0 Å². The lowest BCUT2D eigenvalue weighted by Crippen LogP contribution is -2.51. The fourth-order valence-electron chi connectivity index (χ4n) is 3.25. The first kappa shape index (κ1) is 20.6. The van der Waals surface area contributed by atoms with E-state index in [2.05, 4.69) is 16.0 Å². The van der Waals surface area contributed by atoms with Crippen LogP contribution in [0, 0.1) is 6.92 Å². The molecule has 1 aliphatic rings. The number of rotatable bonds is 6. The Morgan fingerprint density at radius 1 is 1.17 bits per heavy atom. The second-order valence-corrected chi connectivity index (χ2v) is 9.05. The molecule has 1 aromatic heterocycles. The highest BCUT2D eigenvalue weighted by molar-refractivity contribution is 8.00. The Kier molecular flexibility index (Phi) is 6.47. The van der Waals surface area contributed by atoms with Gasteiger partial charge in [0.1, 0.15) is 10.5 Å². The van der Waals surface area contributed by atoms with Gasteiger partial charge in [-0.1, -0.05) is 48.5 Å². The van der Waals surface area contributed by atoms with E-state index in [9.17, 15) is 9.59 Å². The second kappa shape index (κ2) is 9.42. The number of nitrogens with zero attached hydrogens (tertiary/aromatic N) is 1. The molecule has 3 aromatic rings. The summed E-state index contributed by atoms with van der Waals surface area (Å²) in [5, 5.41) is 10.2. The number of hydrogen-bond donors (Lipinski definition) is 3. The molecule has 154 valence electrons. The van der Waals surface area contributed by atoms with E-state index in [0.717, 1.165) is 26.8 Å². The molecule has 2 aromatic carbocycles. The van der Waals surface area contributed by atoms with Gasteiger partial charge in [-0.05, 0) is 19.1 Å². The molecule has 2 amide bonds. The summed E-state index contributed by atoms with van der Waals surface area (Å²) in [7, 11) is 0. The van der Waals surface area contributed by atoms with Gasteiger partial charge < -0.3 is 10.6 Å². The molecule has 1 aliphatic heterocycles. The zero-order chi connectivity index (χ0) is 20.9. The van der Waals surface area contributed by atoms with Crippen molar-refractivity contribution < 1.29 is 9.59 Å². The third kappa shape index (κ3) is 5.08. The summed E-state index contributed by atoms with van der Waals surface area (Å²) in [5.74, 6) is 0.0923. The summed E-state index contributed by atoms with van der Waals surface area (Å²) in [6.07, 6.45) is 0.352. The zero-order valence-corrected chi connectivity index (χ0v) is 18.1. The lowest BCUT2D eigenvalue weighted by molar-refractivity contribution is -0.123. The maximum absolute atomic E-state index is 12.3. The van der Waals surface area contributed by atoms with Crippen molar-refractivity contribution in [3.63, 3.8) is 0 Å². The van der Waals surface area contributed by atoms with Crippen molar-refractivity contribution in [2.24, 2.45) is 0 Å². The van der Waals surface area contributed by atoms with Crippen molar-refractivity contribution in [1.82, 2.24) is 15.6 Å². The van der Waals surface area contributed by atoms with Crippen LogP contribution in [0.1, 0.15) is 23.0 Å². The summed E-state index contributed by atoms with van der Waals surface area (Å²) in [6, 6.07) is 19.2. The lowest BCUT2D eigenvalue weighted by atomic mass is 10.1. The first-order valence-corrected chi connectivity index (χ1v) is 11.5. The molecule has 30 heavy (non-hydrogen) atoms. The minimum atomic E-state index is -0.334. The smallest absolute Gasteiger partial charge is 0.234 e. The SMILES string of the molecule is Cc1nc(-c2ccccc2)sc1C1CC(=O)NC(SCC(=O)Nc2ccccc2)N1. The van der Waals surface area contributed by atoms with Crippen LogP contribution in [0.25, 0.3) is 10.6 Å². The molecular weight excluding hydrogens is 416 g/mol. The van der Waals surface area contributed by atoms with E-state index in [-0.39, 0.29) is 29.1 Å². The quantitative estimate of drug-likeness (QED) is 0.543. The fourth-order valence-corrected chi connectivity index (χ4v) is 5.24. The van der Waals surface area contributed by atoms with Crippen molar-refractivity contribution >= 4 is 40.6 Å². The highest BCUT2D eigenvalue weighted by Gasteiger charge is 2.30. The first-order valence-electron chi connectivity index (χ1n) is 9.63. The Labute approximate surface area is 183 Å². The van der Waals surface area contributed by atoms with Crippen LogP contribution in [-0.2, 0) is 9.59 Å². The largest absolute Gasteiger partial charge is 0.332 e. The Balaban J connectivity index is 1.39. The molecule has 0 bridgehead atoms. The number of aryl methyl sites for hydroxylation is 1. The van der Waals surface area contributed by atoms with Crippen LogP contribution in [-0.4, -0.2) is 28.0 Å². The van der Waals surface area contributed by atoms with E-state index in [1.165, 1.54) is 11.8 Å². The van der Waals surface area contributed by atoms with Crippen molar-refractivity contribution in [2.45, 2.75) is 24.9 Å². The maximum Gasteiger partial charge on any atom is 0.234 e. The average Bonchev–Trinajstić information content (AvgIpc) is 3.15. The molecule has 6 nitrogen and oxygen atoms in total. The fraction of sp³-hybridized carbons (Fsp3) is 0.227. The van der Waals surface area contributed by atoms with Crippen LogP contribution >= 0.6 is 23.1 Å². The summed E-state index contributed by atoms with van der Waals surface area (Å²) in [5.41, 5.74) is 2.42. The normalized spacial score (nSPS) is 18.6. The van der Waals surface area contributed by atoms with Crippen LogP contribution in [0.15, 0.2) is 60.7 Å². The minimum Gasteiger partial charge on any atom is -0.332 e. The number of thioether (sulfide) groups is 1. The summed E-state index contributed by atoms with van der Waals surface area (Å²) in [6.45, 7) is 1.97. The summed E-state index contributed by atoms with van der Waals surface area (Å²) < 4.78 is 0. The number of thiazole rings is 1. The number of para-hydroxylation sites is 1. The van der Waals surface area contributed by atoms with Gasteiger partial charge in [0.15, 0.2) is 0 Å². The van der Waals surface area contributed by atoms with Gasteiger partial charge in [-0.3, -0.25) is 14.9 Å². The van der Waals surface area contributed by atoms with Gasteiger partial charge in [0.05, 0.1) is 17.5 Å². The average molecular weight is 439 g/mol. The standard InChI is InChI=1S/C22H22N4O2S2/c1-14-20(30-21(23-14)15-8-4-2-5-9-15)17-12-18(27)26-22(25-17)29-13-19(28)24-16-10-6-3-7-11-16/h2-11,17,22,25H,12-13H2,1H3,(H,24,28)(H,26,27). The number of carbonyl (C=O) groups is 2. The number of amides is 2. The van der Waals surface area contributed by atoms with Gasteiger partial charge >= 0.3 is 0 Å². The maximum atomic E-state index is 12.3. The van der Waals surface area contributed by atoms with Crippen LogP contribution in [0.5, 0.6) is 0 Å². The predicted molar refractivity (Wildman–Crippen MR) is 122 cm³/mol. The molecule has 2 atom stereocenters. The van der Waals surface area contributed by atoms with E-state index < -0.39 is 0 Å². The van der Waals surface area contributed by atoms with Crippen LogP contribution in [0.4, 0.5) is 5.69 Å². The molecule has 4 rings (SSSR count). The number of aromatic nitrogens is 1. The van der Waals surface area contributed by atoms with Gasteiger partial charge in [0.25, 0.3) is 0 Å². The zero-order valence-electron chi connectivity index (χ0n) is 16.4. The minimum absolute atomic E-state index is 0.0335.